The van der Waals surface area contributed by atoms with E-state index in [-0.39, 0.29) is 11.3 Å². The van der Waals surface area contributed by atoms with Crippen LogP contribution in [0.1, 0.15) is 38.8 Å². The van der Waals surface area contributed by atoms with E-state index in [0.717, 1.165) is 11.3 Å². The first-order chi connectivity index (χ1) is 17.3. The predicted molar refractivity (Wildman–Crippen MR) is 131 cm³/mol. The summed E-state index contributed by atoms with van der Waals surface area (Å²) >= 11 is 0. The Morgan fingerprint density at radius 1 is 0.972 bits per heavy atom. The van der Waals surface area contributed by atoms with E-state index in [1.54, 1.807) is 38.1 Å². The van der Waals surface area contributed by atoms with Crippen molar-refractivity contribution in [3.8, 4) is 5.69 Å². The molecule has 0 atom stereocenters. The highest BCUT2D eigenvalue weighted by atomic mass is 16.6. The first-order valence-corrected chi connectivity index (χ1v) is 10.7. The fourth-order valence-corrected chi connectivity index (χ4v) is 3.33. The highest BCUT2D eigenvalue weighted by Crippen LogP contribution is 2.20. The number of anilines is 1. The first-order valence-electron chi connectivity index (χ1n) is 10.7. The molecular weight excluding hydrogens is 464 g/mol. The topological polar surface area (TPSA) is 157 Å². The van der Waals surface area contributed by atoms with E-state index in [1.165, 1.54) is 29.2 Å². The maximum atomic E-state index is 12.5. The number of hydrogen-bond donors (Lipinski definition) is 2. The molecule has 4 aromatic rings. The highest BCUT2D eigenvalue weighted by Gasteiger charge is 2.14. The van der Waals surface area contributed by atoms with Crippen molar-refractivity contribution in [2.45, 2.75) is 13.8 Å². The SMILES string of the molecule is C/C(=N\NC(=O)c1ccc(NC(=O)c2ccc([N+](=O)[O-])c(C)c2)cc1)c1cccc(-n2cnnn2)c1. The number of hydrazone groups is 1. The van der Waals surface area contributed by atoms with Gasteiger partial charge in [0.25, 0.3) is 17.5 Å². The van der Waals surface area contributed by atoms with Crippen molar-refractivity contribution in [1.82, 2.24) is 25.6 Å². The summed E-state index contributed by atoms with van der Waals surface area (Å²) in [5.74, 6) is -0.843. The second kappa shape index (κ2) is 10.3. The number of nitro groups is 1. The minimum absolute atomic E-state index is 0.0555. The van der Waals surface area contributed by atoms with Gasteiger partial charge in [0.15, 0.2) is 0 Å². The van der Waals surface area contributed by atoms with E-state index in [9.17, 15) is 19.7 Å². The van der Waals surface area contributed by atoms with Crippen LogP contribution < -0.4 is 10.7 Å². The maximum Gasteiger partial charge on any atom is 0.272 e. The number of aryl methyl sites for hydroxylation is 1. The van der Waals surface area contributed by atoms with Crippen LogP contribution in [-0.2, 0) is 0 Å². The summed E-state index contributed by atoms with van der Waals surface area (Å²) < 4.78 is 1.51. The van der Waals surface area contributed by atoms with Gasteiger partial charge < -0.3 is 5.32 Å². The molecule has 12 nitrogen and oxygen atoms in total. The van der Waals surface area contributed by atoms with Gasteiger partial charge >= 0.3 is 0 Å². The number of aromatic nitrogens is 4. The lowest BCUT2D eigenvalue weighted by Crippen LogP contribution is -2.19. The summed E-state index contributed by atoms with van der Waals surface area (Å²) in [5.41, 5.74) is 6.06. The molecule has 0 bridgehead atoms. The Kier molecular flexibility index (Phi) is 6.86. The van der Waals surface area contributed by atoms with Gasteiger partial charge in [-0.3, -0.25) is 19.7 Å². The lowest BCUT2D eigenvalue weighted by molar-refractivity contribution is -0.385. The average Bonchev–Trinajstić information content (AvgIpc) is 3.42. The van der Waals surface area contributed by atoms with E-state index >= 15 is 0 Å². The Bertz CT molecular complexity index is 1460. The second-order valence-corrected chi connectivity index (χ2v) is 7.73. The van der Waals surface area contributed by atoms with Crippen LogP contribution in [0, 0.1) is 17.0 Å². The number of benzene rings is 3. The Hall–Kier alpha value is -5.26. The van der Waals surface area contributed by atoms with Crippen LogP contribution in [0.3, 0.4) is 0 Å². The zero-order valence-corrected chi connectivity index (χ0v) is 19.2. The first kappa shape index (κ1) is 23.9. The second-order valence-electron chi connectivity index (χ2n) is 7.73. The molecule has 1 heterocycles. The van der Waals surface area contributed by atoms with Crippen LogP contribution in [0.5, 0.6) is 0 Å². The zero-order valence-electron chi connectivity index (χ0n) is 19.2. The Labute approximate surface area is 204 Å². The molecule has 0 saturated carbocycles. The van der Waals surface area contributed by atoms with Crippen molar-refractivity contribution in [2.75, 3.05) is 5.32 Å². The van der Waals surface area contributed by atoms with Crippen molar-refractivity contribution in [3.05, 3.63) is 105 Å². The minimum Gasteiger partial charge on any atom is -0.322 e. The van der Waals surface area contributed by atoms with Gasteiger partial charge in [-0.25, -0.2) is 10.1 Å². The fourth-order valence-electron chi connectivity index (χ4n) is 3.33. The van der Waals surface area contributed by atoms with Crippen LogP contribution in [0.15, 0.2) is 78.2 Å². The van der Waals surface area contributed by atoms with Crippen molar-refractivity contribution in [3.63, 3.8) is 0 Å². The number of carbonyl (C=O) groups excluding carboxylic acids is 2. The van der Waals surface area contributed by atoms with E-state index < -0.39 is 16.7 Å². The van der Waals surface area contributed by atoms with Gasteiger partial charge in [0.2, 0.25) is 0 Å². The molecule has 2 amide bonds. The number of nitrogens with zero attached hydrogens (tertiary/aromatic N) is 6. The Balaban J connectivity index is 1.38. The largest absolute Gasteiger partial charge is 0.322 e. The Morgan fingerprint density at radius 3 is 2.39 bits per heavy atom. The van der Waals surface area contributed by atoms with E-state index in [0.29, 0.717) is 22.5 Å². The summed E-state index contributed by atoms with van der Waals surface area (Å²) in [7, 11) is 0. The number of nitrogens with one attached hydrogen (secondary N) is 2. The third-order valence-electron chi connectivity index (χ3n) is 5.26. The lowest BCUT2D eigenvalue weighted by atomic mass is 10.1. The molecule has 4 rings (SSSR count). The third kappa shape index (κ3) is 5.44. The molecule has 0 fully saturated rings. The average molecular weight is 484 g/mol. The van der Waals surface area contributed by atoms with Gasteiger partial charge in [-0.15, -0.1) is 5.10 Å². The van der Waals surface area contributed by atoms with Crippen LogP contribution in [0.2, 0.25) is 0 Å². The highest BCUT2D eigenvalue weighted by molar-refractivity contribution is 6.05. The summed E-state index contributed by atoms with van der Waals surface area (Å²) in [6.07, 6.45) is 1.48. The van der Waals surface area contributed by atoms with Crippen molar-refractivity contribution in [1.29, 1.82) is 0 Å². The molecule has 1 aromatic heterocycles. The monoisotopic (exact) mass is 484 g/mol. The van der Waals surface area contributed by atoms with Gasteiger partial charge in [-0.05, 0) is 78.4 Å². The number of amides is 2. The van der Waals surface area contributed by atoms with E-state index in [4.69, 9.17) is 0 Å². The van der Waals surface area contributed by atoms with E-state index in [2.05, 4.69) is 31.4 Å². The van der Waals surface area contributed by atoms with Crippen LogP contribution in [-0.4, -0.2) is 42.7 Å². The minimum atomic E-state index is -0.500. The van der Waals surface area contributed by atoms with Crippen LogP contribution in [0.4, 0.5) is 11.4 Å². The molecule has 0 radical (unpaired) electrons. The Morgan fingerprint density at radius 2 is 1.72 bits per heavy atom. The summed E-state index contributed by atoms with van der Waals surface area (Å²) in [6, 6.07) is 17.8. The predicted octanol–water partition coefficient (Wildman–Crippen LogP) is 3.29. The molecular formula is C24H20N8O4. The number of tetrazole rings is 1. The van der Waals surface area contributed by atoms with Crippen LogP contribution in [0.25, 0.3) is 5.69 Å². The smallest absolute Gasteiger partial charge is 0.272 e. The van der Waals surface area contributed by atoms with E-state index in [1.807, 2.05) is 24.3 Å². The third-order valence-corrected chi connectivity index (χ3v) is 5.26. The molecule has 0 aliphatic rings. The lowest BCUT2D eigenvalue weighted by Gasteiger charge is -2.08. The van der Waals surface area contributed by atoms with Gasteiger partial charge in [0.05, 0.1) is 16.3 Å². The molecule has 0 saturated heterocycles. The molecule has 0 aliphatic heterocycles. The maximum absolute atomic E-state index is 12.5. The zero-order chi connectivity index (χ0) is 25.7. The van der Waals surface area contributed by atoms with Crippen molar-refractivity contribution in [2.24, 2.45) is 5.10 Å². The fraction of sp³-hybridized carbons (Fsp3) is 0.0833. The quantitative estimate of drug-likeness (QED) is 0.231. The molecule has 2 N–H and O–H groups in total. The van der Waals surface area contributed by atoms with Gasteiger partial charge in [0.1, 0.15) is 6.33 Å². The standard InChI is InChI=1S/C24H20N8O4/c1-15-12-19(8-11-22(15)32(35)36)23(33)26-20-9-6-17(7-10-20)24(34)28-27-16(2)18-4-3-5-21(13-18)31-14-25-29-30-31/h3-14H,1-2H3,(H,26,33)(H,28,34)/b27-16+. The molecule has 36 heavy (non-hydrogen) atoms. The molecule has 180 valence electrons. The number of nitro benzene ring substituents is 1. The van der Waals surface area contributed by atoms with Crippen molar-refractivity contribution < 1.29 is 14.5 Å². The molecule has 3 aromatic carbocycles. The van der Waals surface area contributed by atoms with Gasteiger partial charge in [-0.2, -0.15) is 5.10 Å². The van der Waals surface area contributed by atoms with Crippen molar-refractivity contribution >= 4 is 28.9 Å². The molecule has 0 aliphatic carbocycles. The molecule has 0 spiro atoms. The summed E-state index contributed by atoms with van der Waals surface area (Å²) in [5, 5.41) is 28.9. The van der Waals surface area contributed by atoms with Gasteiger partial charge in [0, 0.05) is 28.4 Å². The van der Waals surface area contributed by atoms with Crippen LogP contribution >= 0.6 is 0 Å². The van der Waals surface area contributed by atoms with Gasteiger partial charge in [-0.1, -0.05) is 12.1 Å². The summed E-state index contributed by atoms with van der Waals surface area (Å²) in [4.78, 5) is 35.5. The number of hydrogen-bond acceptors (Lipinski definition) is 8. The number of rotatable bonds is 7. The summed E-state index contributed by atoms with van der Waals surface area (Å²) in [6.45, 7) is 3.33. The normalized spacial score (nSPS) is 11.1. The number of carbonyl (C=O) groups is 2. The molecule has 0 unspecified atom stereocenters. The molecule has 12 heteroatoms.